The van der Waals surface area contributed by atoms with Crippen molar-refractivity contribution in [2.24, 2.45) is 5.92 Å². The van der Waals surface area contributed by atoms with E-state index in [1.807, 2.05) is 36.9 Å². The molecule has 2 heterocycles. The van der Waals surface area contributed by atoms with E-state index >= 15 is 0 Å². The molecule has 0 aliphatic carbocycles. The predicted molar refractivity (Wildman–Crippen MR) is 131 cm³/mol. The lowest BCUT2D eigenvalue weighted by Crippen LogP contribution is -2.38. The molecule has 0 radical (unpaired) electrons. The Morgan fingerprint density at radius 2 is 1.79 bits per heavy atom. The van der Waals surface area contributed by atoms with E-state index in [2.05, 4.69) is 12.1 Å². The molecule has 1 atom stereocenters. The lowest BCUT2D eigenvalue weighted by Gasteiger charge is -2.32. The summed E-state index contributed by atoms with van der Waals surface area (Å²) in [6.45, 7) is 6.12. The van der Waals surface area contributed by atoms with Crippen LogP contribution in [-0.4, -0.2) is 51.2 Å². The zero-order chi connectivity index (χ0) is 23.6. The molecule has 1 saturated heterocycles. The molecule has 178 valence electrons. The van der Waals surface area contributed by atoms with Gasteiger partial charge in [0.15, 0.2) is 0 Å². The molecule has 0 bridgehead atoms. The minimum absolute atomic E-state index is 0.0493. The first kappa shape index (κ1) is 23.6. The van der Waals surface area contributed by atoms with Gasteiger partial charge in [-0.2, -0.15) is 0 Å². The molecule has 2 aliphatic rings. The molecule has 7 heteroatoms. The van der Waals surface area contributed by atoms with Crippen LogP contribution in [0.3, 0.4) is 0 Å². The van der Waals surface area contributed by atoms with Gasteiger partial charge in [0.1, 0.15) is 5.75 Å². The summed E-state index contributed by atoms with van der Waals surface area (Å²) in [7, 11) is -3.32. The summed E-state index contributed by atoms with van der Waals surface area (Å²) in [6, 6.07) is 13.7. The number of carbonyl (C=O) groups excluding carboxylic acids is 1. The number of nitrogens with zero attached hydrogens (tertiary/aromatic N) is 2. The van der Waals surface area contributed by atoms with E-state index in [1.54, 1.807) is 12.1 Å². The van der Waals surface area contributed by atoms with Crippen molar-refractivity contribution in [1.29, 1.82) is 0 Å². The molecule has 4 rings (SSSR count). The Morgan fingerprint density at radius 3 is 2.42 bits per heavy atom. The molecular weight excluding hydrogens is 436 g/mol. The number of rotatable bonds is 7. The van der Waals surface area contributed by atoms with E-state index in [0.29, 0.717) is 30.2 Å². The fourth-order valence-corrected chi connectivity index (χ4v) is 6.40. The van der Waals surface area contributed by atoms with Gasteiger partial charge in [0, 0.05) is 24.7 Å². The lowest BCUT2D eigenvalue weighted by atomic mass is 9.90. The van der Waals surface area contributed by atoms with Crippen LogP contribution in [0.5, 0.6) is 5.75 Å². The van der Waals surface area contributed by atoms with Crippen LogP contribution in [0, 0.1) is 5.92 Å². The van der Waals surface area contributed by atoms with E-state index in [4.69, 9.17) is 4.74 Å². The van der Waals surface area contributed by atoms with Gasteiger partial charge in [-0.25, -0.2) is 8.42 Å². The number of amides is 1. The third kappa shape index (κ3) is 5.35. The highest BCUT2D eigenvalue weighted by Crippen LogP contribution is 2.35. The molecule has 6 nitrogen and oxygen atoms in total. The molecule has 2 aromatic carbocycles. The Kier molecular flexibility index (Phi) is 6.98. The summed E-state index contributed by atoms with van der Waals surface area (Å²) in [6.07, 6.45) is 6.09. The van der Waals surface area contributed by atoms with Crippen LogP contribution in [0.25, 0.3) is 0 Å². The number of hydrogen-bond donors (Lipinski definition) is 0. The molecule has 0 spiro atoms. The molecule has 1 fully saturated rings. The third-order valence-electron chi connectivity index (χ3n) is 6.81. The van der Waals surface area contributed by atoms with Crippen molar-refractivity contribution in [3.63, 3.8) is 0 Å². The minimum atomic E-state index is -3.32. The number of likely N-dealkylation sites (tertiary alicyclic amines) is 1. The van der Waals surface area contributed by atoms with E-state index in [-0.39, 0.29) is 11.9 Å². The summed E-state index contributed by atoms with van der Waals surface area (Å²) in [5, 5.41) is 0. The number of anilines is 1. The zero-order valence-corrected chi connectivity index (χ0v) is 20.6. The van der Waals surface area contributed by atoms with Crippen LogP contribution in [0.15, 0.2) is 42.5 Å². The van der Waals surface area contributed by atoms with Crippen LogP contribution in [0.4, 0.5) is 5.69 Å². The van der Waals surface area contributed by atoms with E-state index < -0.39 is 10.0 Å². The standard InChI is InChI=1S/C26H34N2O4S/c1-4-32-24-10-7-20(8-11-24)5-6-21-13-15-27(16-14-21)26(29)22-9-12-25-23(18-22)17-19(2)28(25)33(3,30)31/h7-12,18-19,21H,4-6,13-17H2,1-3H3. The van der Waals surface area contributed by atoms with Crippen molar-refractivity contribution >= 4 is 21.6 Å². The molecule has 1 amide bonds. The smallest absolute Gasteiger partial charge is 0.253 e. The number of benzene rings is 2. The maximum atomic E-state index is 13.1. The second-order valence-corrected chi connectivity index (χ2v) is 11.2. The lowest BCUT2D eigenvalue weighted by molar-refractivity contribution is 0.0687. The average Bonchev–Trinajstić information content (AvgIpc) is 3.14. The number of piperidine rings is 1. The van der Waals surface area contributed by atoms with Crippen LogP contribution >= 0.6 is 0 Å². The Labute approximate surface area is 197 Å². The van der Waals surface area contributed by atoms with Crippen LogP contribution in [-0.2, 0) is 22.9 Å². The summed E-state index contributed by atoms with van der Waals surface area (Å²) in [5.74, 6) is 1.59. The maximum absolute atomic E-state index is 13.1. The molecule has 2 aliphatic heterocycles. The van der Waals surface area contributed by atoms with Crippen molar-refractivity contribution in [2.75, 3.05) is 30.3 Å². The van der Waals surface area contributed by atoms with Crippen molar-refractivity contribution < 1.29 is 17.9 Å². The van der Waals surface area contributed by atoms with E-state index in [0.717, 1.165) is 50.1 Å². The van der Waals surface area contributed by atoms with Crippen LogP contribution < -0.4 is 9.04 Å². The van der Waals surface area contributed by atoms with E-state index in [9.17, 15) is 13.2 Å². The summed E-state index contributed by atoms with van der Waals surface area (Å²) in [4.78, 5) is 15.1. The van der Waals surface area contributed by atoms with Crippen molar-refractivity contribution in [3.8, 4) is 5.75 Å². The highest BCUT2D eigenvalue weighted by Gasteiger charge is 2.33. The molecule has 33 heavy (non-hydrogen) atoms. The molecule has 0 N–H and O–H groups in total. The number of carbonyl (C=O) groups is 1. The number of fused-ring (bicyclic) bond motifs is 1. The third-order valence-corrected chi connectivity index (χ3v) is 8.09. The molecule has 1 unspecified atom stereocenters. The summed E-state index contributed by atoms with van der Waals surface area (Å²) < 4.78 is 31.2. The quantitative estimate of drug-likeness (QED) is 0.606. The molecule has 2 aromatic rings. The number of hydrogen-bond acceptors (Lipinski definition) is 4. The summed E-state index contributed by atoms with van der Waals surface area (Å²) in [5.41, 5.74) is 3.62. The minimum Gasteiger partial charge on any atom is -0.494 e. The van der Waals surface area contributed by atoms with E-state index in [1.165, 1.54) is 16.1 Å². The van der Waals surface area contributed by atoms with Crippen molar-refractivity contribution in [1.82, 2.24) is 4.90 Å². The first-order valence-corrected chi connectivity index (χ1v) is 13.7. The fraction of sp³-hybridized carbons (Fsp3) is 0.500. The SMILES string of the molecule is CCOc1ccc(CCC2CCN(C(=O)c3ccc4c(c3)CC(C)N4S(C)(=O)=O)CC2)cc1. The fourth-order valence-electron chi connectivity index (χ4n) is 5.14. The van der Waals surface area contributed by atoms with Gasteiger partial charge < -0.3 is 9.64 Å². The molecule has 0 saturated carbocycles. The molecular formula is C26H34N2O4S. The van der Waals surface area contributed by atoms with Gasteiger partial charge in [-0.1, -0.05) is 12.1 Å². The highest BCUT2D eigenvalue weighted by atomic mass is 32.2. The van der Waals surface area contributed by atoms with Gasteiger partial charge in [0.25, 0.3) is 5.91 Å². The van der Waals surface area contributed by atoms with Gasteiger partial charge in [0.05, 0.1) is 18.6 Å². The van der Waals surface area contributed by atoms with Gasteiger partial charge >= 0.3 is 0 Å². The van der Waals surface area contributed by atoms with Crippen LogP contribution in [0.1, 0.15) is 54.6 Å². The number of aryl methyl sites for hydroxylation is 1. The van der Waals surface area contributed by atoms with Crippen molar-refractivity contribution in [2.45, 2.75) is 52.0 Å². The largest absolute Gasteiger partial charge is 0.494 e. The average molecular weight is 471 g/mol. The van der Waals surface area contributed by atoms with Crippen molar-refractivity contribution in [3.05, 3.63) is 59.2 Å². The highest BCUT2D eigenvalue weighted by molar-refractivity contribution is 7.92. The Balaban J connectivity index is 1.31. The van der Waals surface area contributed by atoms with Gasteiger partial charge in [-0.3, -0.25) is 9.10 Å². The predicted octanol–water partition coefficient (Wildman–Crippen LogP) is 4.28. The normalized spacial score (nSPS) is 18.9. The second-order valence-electron chi connectivity index (χ2n) is 9.31. The Hall–Kier alpha value is -2.54. The maximum Gasteiger partial charge on any atom is 0.253 e. The van der Waals surface area contributed by atoms with Gasteiger partial charge in [-0.05, 0) is 93.3 Å². The van der Waals surface area contributed by atoms with Gasteiger partial charge in [0.2, 0.25) is 10.0 Å². The Morgan fingerprint density at radius 1 is 1.09 bits per heavy atom. The number of sulfonamides is 1. The van der Waals surface area contributed by atoms with Gasteiger partial charge in [-0.15, -0.1) is 0 Å². The monoisotopic (exact) mass is 470 g/mol. The molecule has 0 aromatic heterocycles. The zero-order valence-electron chi connectivity index (χ0n) is 19.8. The second kappa shape index (κ2) is 9.75. The van der Waals surface area contributed by atoms with Crippen LogP contribution in [0.2, 0.25) is 0 Å². The number of ether oxygens (including phenoxy) is 1. The first-order chi connectivity index (χ1) is 15.8. The Bertz CT molecular complexity index is 1090. The topological polar surface area (TPSA) is 66.9 Å². The summed E-state index contributed by atoms with van der Waals surface area (Å²) >= 11 is 0. The first-order valence-electron chi connectivity index (χ1n) is 11.9.